The lowest BCUT2D eigenvalue weighted by Crippen LogP contribution is -2.43. The fourth-order valence-electron chi connectivity index (χ4n) is 5.00. The second kappa shape index (κ2) is 12.9. The average molecular weight is 540 g/mol. The van der Waals surface area contributed by atoms with Crippen LogP contribution in [-0.2, 0) is 21.6 Å². The Morgan fingerprint density at radius 1 is 0.950 bits per heavy atom. The van der Waals surface area contributed by atoms with Gasteiger partial charge >= 0.3 is 12.1 Å². The molecule has 0 radical (unpaired) electrons. The molecule has 0 spiro atoms. The number of pyridine rings is 1. The molecule has 2 heterocycles. The van der Waals surface area contributed by atoms with Crippen molar-refractivity contribution < 1.29 is 24.2 Å². The first-order valence-corrected chi connectivity index (χ1v) is 13.3. The summed E-state index contributed by atoms with van der Waals surface area (Å²) < 4.78 is 5.22. The quantitative estimate of drug-likeness (QED) is 0.286. The summed E-state index contributed by atoms with van der Waals surface area (Å²) in [5, 5.41) is 12.3. The van der Waals surface area contributed by atoms with Crippen LogP contribution in [0.4, 0.5) is 10.5 Å². The van der Waals surface area contributed by atoms with Gasteiger partial charge in [0.05, 0.1) is 16.5 Å². The Kier molecular flexibility index (Phi) is 9.11. The van der Waals surface area contributed by atoms with Crippen LogP contribution in [0.3, 0.4) is 0 Å². The molecule has 2 amide bonds. The van der Waals surface area contributed by atoms with Crippen LogP contribution >= 0.6 is 0 Å². The van der Waals surface area contributed by atoms with E-state index in [4.69, 9.17) is 9.84 Å². The van der Waals surface area contributed by atoms with Gasteiger partial charge < -0.3 is 20.1 Å². The number of aromatic carboxylic acids is 1. The van der Waals surface area contributed by atoms with Crippen molar-refractivity contribution in [1.82, 2.24) is 10.3 Å². The minimum absolute atomic E-state index is 0.119. The summed E-state index contributed by atoms with van der Waals surface area (Å²) in [6, 6.07) is 26.0. The fraction of sp³-hybridized carbons (Fsp3) is 0.250. The summed E-state index contributed by atoms with van der Waals surface area (Å²) in [7, 11) is 0. The summed E-state index contributed by atoms with van der Waals surface area (Å²) in [6.07, 6.45) is 2.74. The third-order valence-electron chi connectivity index (χ3n) is 7.24. The molecule has 2 N–H and O–H groups in total. The summed E-state index contributed by atoms with van der Waals surface area (Å²) in [5.41, 5.74) is 3.63. The predicted octanol–water partition coefficient (Wildman–Crippen LogP) is 5.95. The molecule has 206 valence electrons. The largest absolute Gasteiger partial charge is 0.478 e. The van der Waals surface area contributed by atoms with Crippen LogP contribution < -0.4 is 10.2 Å². The molecule has 8 nitrogen and oxygen atoms in total. The number of carboxylic acid groups (broad SMARTS) is 1. The van der Waals surface area contributed by atoms with Gasteiger partial charge in [0.15, 0.2) is 0 Å². The Morgan fingerprint density at radius 3 is 2.40 bits per heavy atom. The number of carbonyl (C=O) groups is 3. The number of aromatic nitrogens is 1. The van der Waals surface area contributed by atoms with E-state index in [1.54, 1.807) is 35.4 Å². The van der Waals surface area contributed by atoms with Crippen LogP contribution in [0.5, 0.6) is 0 Å². The van der Waals surface area contributed by atoms with E-state index in [1.807, 2.05) is 60.7 Å². The molecule has 1 aromatic heterocycles. The van der Waals surface area contributed by atoms with Crippen molar-refractivity contribution in [2.75, 3.05) is 18.0 Å². The maximum absolute atomic E-state index is 13.1. The zero-order valence-corrected chi connectivity index (χ0v) is 22.7. The van der Waals surface area contributed by atoms with Crippen molar-refractivity contribution in [3.05, 3.63) is 108 Å². The Labute approximate surface area is 233 Å². The Balaban J connectivity index is 0.000000236. The highest BCUT2D eigenvalue weighted by molar-refractivity contribution is 6.08. The number of alkyl carbamates (subject to hydrolysis) is 1. The summed E-state index contributed by atoms with van der Waals surface area (Å²) in [5.74, 6) is -0.793. The molecule has 1 aliphatic rings. The van der Waals surface area contributed by atoms with Crippen molar-refractivity contribution in [3.8, 4) is 0 Å². The van der Waals surface area contributed by atoms with Crippen LogP contribution in [-0.4, -0.2) is 41.1 Å². The van der Waals surface area contributed by atoms with Crippen molar-refractivity contribution in [1.29, 1.82) is 0 Å². The Bertz CT molecular complexity index is 1480. The van der Waals surface area contributed by atoms with Gasteiger partial charge in [-0.05, 0) is 54.3 Å². The molecule has 0 aliphatic carbocycles. The molecule has 8 heteroatoms. The molecule has 5 rings (SSSR count). The van der Waals surface area contributed by atoms with Gasteiger partial charge in [-0.3, -0.25) is 9.78 Å². The molecule has 0 fully saturated rings. The number of para-hydroxylation sites is 1. The highest BCUT2D eigenvalue weighted by Crippen LogP contribution is 2.45. The molecule has 0 atom stereocenters. The average Bonchev–Trinajstić information content (AvgIpc) is 3.23. The minimum atomic E-state index is -0.911. The molecule has 0 bridgehead atoms. The number of carboxylic acids is 1. The topological polar surface area (TPSA) is 109 Å². The number of hydrogen-bond acceptors (Lipinski definition) is 5. The molecule has 1 aliphatic heterocycles. The number of nitrogens with one attached hydrogen (secondary N) is 1. The molecule has 4 aromatic rings. The van der Waals surface area contributed by atoms with E-state index < -0.39 is 17.5 Å². The van der Waals surface area contributed by atoms with E-state index in [9.17, 15) is 14.4 Å². The van der Waals surface area contributed by atoms with Gasteiger partial charge in [0, 0.05) is 30.4 Å². The van der Waals surface area contributed by atoms with Crippen molar-refractivity contribution >= 4 is 34.6 Å². The molecule has 0 saturated heterocycles. The number of nitrogens with zero attached hydrogens (tertiary/aromatic N) is 2. The van der Waals surface area contributed by atoms with E-state index in [0.29, 0.717) is 18.7 Å². The number of rotatable bonds is 8. The minimum Gasteiger partial charge on any atom is -0.478 e. The van der Waals surface area contributed by atoms with Gasteiger partial charge in [0.1, 0.15) is 6.61 Å². The van der Waals surface area contributed by atoms with Crippen LogP contribution in [0.25, 0.3) is 10.9 Å². The number of ether oxygens (including phenoxy) is 1. The first-order chi connectivity index (χ1) is 19.4. The van der Waals surface area contributed by atoms with E-state index in [1.165, 1.54) is 0 Å². The molecule has 40 heavy (non-hydrogen) atoms. The normalized spacial score (nSPS) is 13.2. The summed E-state index contributed by atoms with van der Waals surface area (Å²) >= 11 is 0. The van der Waals surface area contributed by atoms with Crippen molar-refractivity contribution in [2.24, 2.45) is 0 Å². The van der Waals surface area contributed by atoms with Crippen molar-refractivity contribution in [2.45, 2.75) is 38.7 Å². The second-order valence-corrected chi connectivity index (χ2v) is 9.47. The third kappa shape index (κ3) is 6.12. The predicted molar refractivity (Wildman–Crippen MR) is 154 cm³/mol. The van der Waals surface area contributed by atoms with Crippen LogP contribution in [0, 0.1) is 0 Å². The van der Waals surface area contributed by atoms with Crippen LogP contribution in [0.1, 0.15) is 48.2 Å². The zero-order chi connectivity index (χ0) is 28.5. The van der Waals surface area contributed by atoms with Gasteiger partial charge in [-0.15, -0.1) is 0 Å². The van der Waals surface area contributed by atoms with Gasteiger partial charge in [0.25, 0.3) is 0 Å². The monoisotopic (exact) mass is 539 g/mol. The molecular formula is C32H33N3O5. The molecule has 0 unspecified atom stereocenters. The van der Waals surface area contributed by atoms with E-state index >= 15 is 0 Å². The number of amides is 2. The lowest BCUT2D eigenvalue weighted by atomic mass is 9.77. The number of benzene rings is 3. The summed E-state index contributed by atoms with van der Waals surface area (Å²) in [4.78, 5) is 41.5. The van der Waals surface area contributed by atoms with Gasteiger partial charge in [0.2, 0.25) is 5.91 Å². The Morgan fingerprint density at radius 2 is 1.68 bits per heavy atom. The van der Waals surface area contributed by atoms with Gasteiger partial charge in [-0.2, -0.15) is 0 Å². The maximum atomic E-state index is 13.1. The van der Waals surface area contributed by atoms with Crippen molar-refractivity contribution in [3.63, 3.8) is 0 Å². The van der Waals surface area contributed by atoms with E-state index in [0.717, 1.165) is 40.6 Å². The van der Waals surface area contributed by atoms with Crippen LogP contribution in [0.2, 0.25) is 0 Å². The van der Waals surface area contributed by atoms with E-state index in [-0.39, 0.29) is 12.5 Å². The van der Waals surface area contributed by atoms with E-state index in [2.05, 4.69) is 24.1 Å². The third-order valence-corrected chi connectivity index (χ3v) is 7.24. The number of anilines is 1. The highest BCUT2D eigenvalue weighted by atomic mass is 16.5. The smallest absolute Gasteiger partial charge is 0.407 e. The standard InChI is InChI=1S/C22H26N2O3.C10H7NO2/c1-3-22(4-2)18-12-8-9-13-19(18)24(20(22)25)15-14-23-21(26)27-16-17-10-6-5-7-11-17;12-10(13)8-3-4-9-7(6-8)2-1-5-11-9/h5-13H,3-4,14-16H2,1-2H3,(H,23,26);1-6H,(H,12,13). The first kappa shape index (κ1) is 28.3. The maximum Gasteiger partial charge on any atom is 0.407 e. The molecular weight excluding hydrogens is 506 g/mol. The SMILES string of the molecule is CCC1(CC)C(=O)N(CCNC(=O)OCc2ccccc2)c2ccccc21.O=C(O)c1ccc2ncccc2c1. The molecule has 3 aromatic carbocycles. The highest BCUT2D eigenvalue weighted by Gasteiger charge is 2.47. The first-order valence-electron chi connectivity index (χ1n) is 13.3. The second-order valence-electron chi connectivity index (χ2n) is 9.47. The number of hydrogen-bond donors (Lipinski definition) is 2. The summed E-state index contributed by atoms with van der Waals surface area (Å²) in [6.45, 7) is 5.12. The van der Waals surface area contributed by atoms with Gasteiger partial charge in [-0.25, -0.2) is 9.59 Å². The zero-order valence-electron chi connectivity index (χ0n) is 22.7. The van der Waals surface area contributed by atoms with Crippen LogP contribution in [0.15, 0.2) is 91.1 Å². The molecule has 0 saturated carbocycles. The fourth-order valence-corrected chi connectivity index (χ4v) is 5.00. The Hall–Kier alpha value is -4.72. The number of fused-ring (bicyclic) bond motifs is 2. The lowest BCUT2D eigenvalue weighted by Gasteiger charge is -2.26. The lowest BCUT2D eigenvalue weighted by molar-refractivity contribution is -0.123. The van der Waals surface area contributed by atoms with Gasteiger partial charge in [-0.1, -0.05) is 68.4 Å². The number of carbonyl (C=O) groups excluding carboxylic acids is 2.